The highest BCUT2D eigenvalue weighted by molar-refractivity contribution is 7.21. The quantitative estimate of drug-likeness (QED) is 0.425. The molecule has 1 aliphatic rings. The standard InChI is InChI=1S/C18H17N7O2S.C4H9N/c1-10-15(4-13(6-19-10)22-11(2)26)23-17(27)14-7-21-25-9-16(28-18(14)25)12-5-20-24(3)8-12;1-2-4-5-3-1/h4-9H,1-3H3,(H,22,26)(H,23,27);5H,1-4H2. The van der Waals surface area contributed by atoms with Gasteiger partial charge < -0.3 is 16.0 Å². The van der Waals surface area contributed by atoms with Crippen LogP contribution in [0.5, 0.6) is 0 Å². The summed E-state index contributed by atoms with van der Waals surface area (Å²) in [6, 6.07) is 1.68. The van der Waals surface area contributed by atoms with Gasteiger partial charge in [-0.05, 0) is 38.9 Å². The summed E-state index contributed by atoms with van der Waals surface area (Å²) in [5.74, 6) is -0.498. The van der Waals surface area contributed by atoms with E-state index in [0.717, 1.165) is 15.3 Å². The van der Waals surface area contributed by atoms with E-state index in [4.69, 9.17) is 0 Å². The van der Waals surface area contributed by atoms with E-state index < -0.39 is 0 Å². The van der Waals surface area contributed by atoms with Gasteiger partial charge in [-0.1, -0.05) is 0 Å². The second-order valence-corrected chi connectivity index (χ2v) is 8.79. The molecule has 33 heavy (non-hydrogen) atoms. The summed E-state index contributed by atoms with van der Waals surface area (Å²) < 4.78 is 3.41. The average molecular weight is 467 g/mol. The van der Waals surface area contributed by atoms with Gasteiger partial charge in [-0.3, -0.25) is 19.3 Å². The molecule has 0 unspecified atom stereocenters. The molecule has 4 aromatic heterocycles. The second kappa shape index (κ2) is 9.92. The van der Waals surface area contributed by atoms with E-state index in [2.05, 4.69) is 31.1 Å². The van der Waals surface area contributed by atoms with Gasteiger partial charge in [-0.2, -0.15) is 10.2 Å². The number of carbonyl (C=O) groups excluding carboxylic acids is 2. The van der Waals surface area contributed by atoms with Crippen molar-refractivity contribution in [3.8, 4) is 10.4 Å². The summed E-state index contributed by atoms with van der Waals surface area (Å²) in [7, 11) is 1.85. The zero-order valence-corrected chi connectivity index (χ0v) is 19.6. The number of nitrogens with one attached hydrogen (secondary N) is 3. The van der Waals surface area contributed by atoms with E-state index >= 15 is 0 Å². The number of aromatic nitrogens is 5. The summed E-state index contributed by atoms with van der Waals surface area (Å²) >= 11 is 1.47. The first-order valence-corrected chi connectivity index (χ1v) is 11.4. The molecule has 0 atom stereocenters. The van der Waals surface area contributed by atoms with Crippen LogP contribution in [0.15, 0.2) is 37.1 Å². The topological polar surface area (TPSA) is 118 Å². The number of carbonyl (C=O) groups is 2. The first-order valence-electron chi connectivity index (χ1n) is 10.6. The number of hydrogen-bond donors (Lipinski definition) is 3. The fourth-order valence-corrected chi connectivity index (χ4v) is 4.40. The lowest BCUT2D eigenvalue weighted by atomic mass is 10.2. The van der Waals surface area contributed by atoms with Crippen LogP contribution >= 0.6 is 11.3 Å². The molecule has 0 aliphatic carbocycles. The number of anilines is 2. The van der Waals surface area contributed by atoms with Crippen molar-refractivity contribution in [3.63, 3.8) is 0 Å². The van der Waals surface area contributed by atoms with Crippen LogP contribution in [0.25, 0.3) is 15.3 Å². The van der Waals surface area contributed by atoms with Crippen LogP contribution in [0.3, 0.4) is 0 Å². The first-order chi connectivity index (χ1) is 15.9. The van der Waals surface area contributed by atoms with Crippen molar-refractivity contribution >= 4 is 39.4 Å². The third kappa shape index (κ3) is 5.44. The monoisotopic (exact) mass is 466 g/mol. The molecule has 11 heteroatoms. The highest BCUT2D eigenvalue weighted by Crippen LogP contribution is 2.30. The Morgan fingerprint density at radius 3 is 2.52 bits per heavy atom. The van der Waals surface area contributed by atoms with E-state index in [1.54, 1.807) is 34.6 Å². The molecular weight excluding hydrogens is 440 g/mol. The SMILES string of the molecule is C1CCNC1.CC(=O)Nc1cnc(C)c(NC(=O)c2cnn3cc(-c4cnn(C)c4)sc23)c1. The Labute approximate surface area is 195 Å². The minimum atomic E-state index is -0.292. The Hall–Kier alpha value is -3.57. The average Bonchev–Trinajstić information content (AvgIpc) is 3.55. The van der Waals surface area contributed by atoms with Crippen LogP contribution in [-0.4, -0.2) is 49.3 Å². The smallest absolute Gasteiger partial charge is 0.260 e. The molecule has 4 aromatic rings. The van der Waals surface area contributed by atoms with Crippen LogP contribution < -0.4 is 16.0 Å². The van der Waals surface area contributed by atoms with Crippen molar-refractivity contribution in [2.75, 3.05) is 23.7 Å². The fourth-order valence-electron chi connectivity index (χ4n) is 3.37. The van der Waals surface area contributed by atoms with Gasteiger partial charge in [0.2, 0.25) is 5.91 Å². The van der Waals surface area contributed by atoms with Gasteiger partial charge in [-0.15, -0.1) is 11.3 Å². The largest absolute Gasteiger partial charge is 0.325 e. The van der Waals surface area contributed by atoms with E-state index in [9.17, 15) is 9.59 Å². The van der Waals surface area contributed by atoms with Crippen molar-refractivity contribution < 1.29 is 9.59 Å². The van der Waals surface area contributed by atoms with Gasteiger partial charge in [-0.25, -0.2) is 4.52 Å². The zero-order valence-electron chi connectivity index (χ0n) is 18.8. The summed E-state index contributed by atoms with van der Waals surface area (Å²) in [5, 5.41) is 17.2. The van der Waals surface area contributed by atoms with Crippen molar-refractivity contribution in [2.24, 2.45) is 7.05 Å². The van der Waals surface area contributed by atoms with Gasteiger partial charge in [0.05, 0.1) is 46.1 Å². The second-order valence-electron chi connectivity index (χ2n) is 7.76. The Bertz CT molecular complexity index is 1280. The normalized spacial score (nSPS) is 12.9. The maximum Gasteiger partial charge on any atom is 0.260 e. The molecule has 10 nitrogen and oxygen atoms in total. The van der Waals surface area contributed by atoms with Crippen molar-refractivity contribution in [1.29, 1.82) is 0 Å². The number of fused-ring (bicyclic) bond motifs is 1. The number of aryl methyl sites for hydroxylation is 2. The third-order valence-electron chi connectivity index (χ3n) is 5.04. The Morgan fingerprint density at radius 2 is 1.88 bits per heavy atom. The molecule has 0 aromatic carbocycles. The Kier molecular flexibility index (Phi) is 6.80. The molecule has 1 fully saturated rings. The molecular formula is C22H26N8O2S. The van der Waals surface area contributed by atoms with Crippen molar-refractivity contribution in [1.82, 2.24) is 29.7 Å². The van der Waals surface area contributed by atoms with E-state index in [-0.39, 0.29) is 11.8 Å². The molecule has 5 rings (SSSR count). The fraction of sp³-hybridized carbons (Fsp3) is 0.318. The molecule has 0 bridgehead atoms. The summed E-state index contributed by atoms with van der Waals surface area (Å²) in [5.41, 5.74) is 3.12. The lowest BCUT2D eigenvalue weighted by Crippen LogP contribution is -2.14. The van der Waals surface area contributed by atoms with Crippen molar-refractivity contribution in [3.05, 3.63) is 48.3 Å². The van der Waals surface area contributed by atoms with E-state index in [0.29, 0.717) is 22.6 Å². The summed E-state index contributed by atoms with van der Waals surface area (Å²) in [4.78, 5) is 30.0. The van der Waals surface area contributed by atoms with Crippen LogP contribution in [0.1, 0.15) is 35.8 Å². The number of rotatable bonds is 4. The molecule has 0 spiro atoms. The Balaban J connectivity index is 0.000000459. The van der Waals surface area contributed by atoms with Gasteiger partial charge in [0.25, 0.3) is 5.91 Å². The highest BCUT2D eigenvalue weighted by Gasteiger charge is 2.18. The lowest BCUT2D eigenvalue weighted by Gasteiger charge is -2.09. The van der Waals surface area contributed by atoms with Gasteiger partial charge in [0.1, 0.15) is 4.83 Å². The molecule has 5 heterocycles. The van der Waals surface area contributed by atoms with E-state index in [1.165, 1.54) is 50.4 Å². The number of thiazole rings is 1. The van der Waals surface area contributed by atoms with Gasteiger partial charge >= 0.3 is 0 Å². The van der Waals surface area contributed by atoms with Gasteiger partial charge in [0.15, 0.2) is 0 Å². The Morgan fingerprint density at radius 1 is 1.09 bits per heavy atom. The van der Waals surface area contributed by atoms with Gasteiger partial charge in [0, 0.05) is 31.9 Å². The number of hydrogen-bond acceptors (Lipinski definition) is 7. The van der Waals surface area contributed by atoms with Crippen molar-refractivity contribution in [2.45, 2.75) is 26.7 Å². The molecule has 3 N–H and O–H groups in total. The summed E-state index contributed by atoms with van der Waals surface area (Å²) in [6.07, 6.45) is 11.4. The maximum atomic E-state index is 12.8. The highest BCUT2D eigenvalue weighted by atomic mass is 32.1. The zero-order chi connectivity index (χ0) is 23.4. The van der Waals surface area contributed by atoms with Crippen LogP contribution in [0.4, 0.5) is 11.4 Å². The maximum absolute atomic E-state index is 12.8. The summed E-state index contributed by atoms with van der Waals surface area (Å²) in [6.45, 7) is 5.70. The molecule has 1 saturated heterocycles. The molecule has 1 aliphatic heterocycles. The van der Waals surface area contributed by atoms with E-state index in [1.807, 2.05) is 19.4 Å². The van der Waals surface area contributed by atoms with Crippen LogP contribution in [-0.2, 0) is 11.8 Å². The molecule has 0 saturated carbocycles. The minimum Gasteiger partial charge on any atom is -0.325 e. The predicted octanol–water partition coefficient (Wildman–Crippen LogP) is 3.08. The minimum absolute atomic E-state index is 0.206. The molecule has 2 amide bonds. The number of pyridine rings is 1. The third-order valence-corrected chi connectivity index (χ3v) is 6.20. The number of amides is 2. The predicted molar refractivity (Wildman–Crippen MR) is 129 cm³/mol. The number of nitrogens with zero attached hydrogens (tertiary/aromatic N) is 5. The first kappa shape index (κ1) is 22.6. The lowest BCUT2D eigenvalue weighted by molar-refractivity contribution is -0.114. The van der Waals surface area contributed by atoms with Crippen LogP contribution in [0, 0.1) is 6.92 Å². The molecule has 172 valence electrons. The molecule has 0 radical (unpaired) electrons. The van der Waals surface area contributed by atoms with Crippen LogP contribution in [0.2, 0.25) is 0 Å².